The van der Waals surface area contributed by atoms with E-state index in [0.29, 0.717) is 11.7 Å². The largest absolute Gasteiger partial charge is 0.488 e. The molecule has 0 amide bonds. The van der Waals surface area contributed by atoms with Crippen LogP contribution < -0.4 is 10.1 Å². The van der Waals surface area contributed by atoms with Gasteiger partial charge in [0, 0.05) is 0 Å². The lowest BCUT2D eigenvalue weighted by Gasteiger charge is -2.23. The maximum atomic E-state index is 13.8. The summed E-state index contributed by atoms with van der Waals surface area (Å²) in [5.41, 5.74) is 1.10. The molecule has 1 aromatic rings. The molecule has 2 rings (SSSR count). The summed E-state index contributed by atoms with van der Waals surface area (Å²) in [7, 11) is 0. The zero-order valence-corrected chi connectivity index (χ0v) is 11.7. The van der Waals surface area contributed by atoms with Crippen molar-refractivity contribution in [2.24, 2.45) is 0 Å². The molecule has 0 saturated carbocycles. The summed E-state index contributed by atoms with van der Waals surface area (Å²) in [5.74, 6) is 0.603. The summed E-state index contributed by atoms with van der Waals surface area (Å²) in [6.07, 6.45) is 2.18. The zero-order valence-electron chi connectivity index (χ0n) is 10.9. The van der Waals surface area contributed by atoms with Crippen LogP contribution >= 0.6 is 12.4 Å². The molecule has 102 valence electrons. The predicted molar refractivity (Wildman–Crippen MR) is 74.3 cm³/mol. The monoisotopic (exact) mass is 273 g/mol. The lowest BCUT2D eigenvalue weighted by atomic mass is 9.90. The number of hydrogen-bond acceptors (Lipinski definition) is 2. The van der Waals surface area contributed by atoms with Crippen LogP contribution in [0.3, 0.4) is 0 Å². The van der Waals surface area contributed by atoms with Crippen molar-refractivity contribution in [3.05, 3.63) is 29.6 Å². The topological polar surface area (TPSA) is 21.3 Å². The van der Waals surface area contributed by atoms with Crippen LogP contribution in [0.4, 0.5) is 4.39 Å². The molecule has 0 spiro atoms. The fourth-order valence-corrected chi connectivity index (χ4v) is 2.28. The van der Waals surface area contributed by atoms with Crippen LogP contribution in [-0.4, -0.2) is 19.2 Å². The standard InChI is InChI=1S/C14H20FNO.ClH/c1-10(2)17-14-4-3-12(9-13(14)15)11-5-7-16-8-6-11;/h3-4,9-11,16H,5-8H2,1-2H3;1H. The lowest BCUT2D eigenvalue weighted by Crippen LogP contribution is -2.26. The van der Waals surface area contributed by atoms with E-state index < -0.39 is 0 Å². The van der Waals surface area contributed by atoms with E-state index in [1.165, 1.54) is 0 Å². The van der Waals surface area contributed by atoms with Crippen molar-refractivity contribution in [2.75, 3.05) is 13.1 Å². The molecule has 2 nitrogen and oxygen atoms in total. The molecule has 0 bridgehead atoms. The van der Waals surface area contributed by atoms with Crippen molar-refractivity contribution in [1.29, 1.82) is 0 Å². The molecule has 1 aliphatic heterocycles. The van der Waals surface area contributed by atoms with E-state index in [4.69, 9.17) is 4.74 Å². The molecule has 1 aromatic carbocycles. The van der Waals surface area contributed by atoms with Gasteiger partial charge in [0.25, 0.3) is 0 Å². The fourth-order valence-electron chi connectivity index (χ4n) is 2.28. The minimum atomic E-state index is -0.241. The quantitative estimate of drug-likeness (QED) is 0.910. The van der Waals surface area contributed by atoms with Gasteiger partial charge < -0.3 is 10.1 Å². The molecule has 4 heteroatoms. The normalized spacial score (nSPS) is 16.4. The first-order chi connectivity index (χ1) is 8.16. The highest BCUT2D eigenvalue weighted by molar-refractivity contribution is 5.85. The minimum Gasteiger partial charge on any atom is -0.488 e. The highest BCUT2D eigenvalue weighted by atomic mass is 35.5. The average Bonchev–Trinajstić information content (AvgIpc) is 2.32. The van der Waals surface area contributed by atoms with Gasteiger partial charge in [-0.2, -0.15) is 0 Å². The number of nitrogens with one attached hydrogen (secondary N) is 1. The van der Waals surface area contributed by atoms with Crippen LogP contribution in [0, 0.1) is 5.82 Å². The number of ether oxygens (including phenoxy) is 1. The Balaban J connectivity index is 0.00000162. The van der Waals surface area contributed by atoms with Gasteiger partial charge in [0.15, 0.2) is 11.6 Å². The maximum absolute atomic E-state index is 13.8. The van der Waals surface area contributed by atoms with Crippen LogP contribution in [0.25, 0.3) is 0 Å². The molecule has 0 aromatic heterocycles. The van der Waals surface area contributed by atoms with Gasteiger partial charge in [0.1, 0.15) is 0 Å². The van der Waals surface area contributed by atoms with Crippen molar-refractivity contribution >= 4 is 12.4 Å². The van der Waals surface area contributed by atoms with Gasteiger partial charge in [-0.1, -0.05) is 6.07 Å². The average molecular weight is 274 g/mol. The first kappa shape index (κ1) is 15.3. The van der Waals surface area contributed by atoms with Crippen molar-refractivity contribution in [3.8, 4) is 5.75 Å². The summed E-state index contributed by atoms with van der Waals surface area (Å²) < 4.78 is 19.2. The predicted octanol–water partition coefficient (Wildman–Crippen LogP) is 3.50. The Morgan fingerprint density at radius 2 is 1.94 bits per heavy atom. The second kappa shape index (κ2) is 6.95. The summed E-state index contributed by atoms with van der Waals surface area (Å²) in [6, 6.07) is 5.39. The number of piperidine rings is 1. The molecule has 1 saturated heterocycles. The molecule has 1 aliphatic rings. The molecule has 0 radical (unpaired) electrons. The fraction of sp³-hybridized carbons (Fsp3) is 0.571. The Hall–Kier alpha value is -0.800. The van der Waals surface area contributed by atoms with Crippen LogP contribution in [0.5, 0.6) is 5.75 Å². The first-order valence-electron chi connectivity index (χ1n) is 6.33. The lowest BCUT2D eigenvalue weighted by molar-refractivity contribution is 0.231. The van der Waals surface area contributed by atoms with Crippen LogP contribution in [0.15, 0.2) is 18.2 Å². The molecule has 0 atom stereocenters. The molecular weight excluding hydrogens is 253 g/mol. The summed E-state index contributed by atoms with van der Waals surface area (Å²) >= 11 is 0. The third-order valence-corrected chi connectivity index (χ3v) is 3.13. The number of hydrogen-bond donors (Lipinski definition) is 1. The Morgan fingerprint density at radius 3 is 2.50 bits per heavy atom. The SMILES string of the molecule is CC(C)Oc1ccc(C2CCNCC2)cc1F.Cl. The van der Waals surface area contributed by atoms with Crippen molar-refractivity contribution in [2.45, 2.75) is 38.7 Å². The van der Waals surface area contributed by atoms with E-state index in [2.05, 4.69) is 5.32 Å². The molecule has 0 unspecified atom stereocenters. The van der Waals surface area contributed by atoms with E-state index in [1.807, 2.05) is 19.9 Å². The third-order valence-electron chi connectivity index (χ3n) is 3.13. The molecular formula is C14H21ClFNO. The Morgan fingerprint density at radius 1 is 1.28 bits per heavy atom. The highest BCUT2D eigenvalue weighted by Crippen LogP contribution is 2.29. The minimum absolute atomic E-state index is 0. The highest BCUT2D eigenvalue weighted by Gasteiger charge is 2.17. The van der Waals surface area contributed by atoms with Crippen LogP contribution in [0.2, 0.25) is 0 Å². The van der Waals surface area contributed by atoms with Gasteiger partial charge in [-0.25, -0.2) is 4.39 Å². The van der Waals surface area contributed by atoms with E-state index in [0.717, 1.165) is 31.5 Å². The third kappa shape index (κ3) is 3.85. The second-order valence-electron chi connectivity index (χ2n) is 4.88. The van der Waals surface area contributed by atoms with Crippen molar-refractivity contribution in [1.82, 2.24) is 5.32 Å². The van der Waals surface area contributed by atoms with Gasteiger partial charge in [0.05, 0.1) is 6.10 Å². The smallest absolute Gasteiger partial charge is 0.165 e. The van der Waals surface area contributed by atoms with E-state index in [-0.39, 0.29) is 24.3 Å². The zero-order chi connectivity index (χ0) is 12.3. The van der Waals surface area contributed by atoms with E-state index in [9.17, 15) is 4.39 Å². The van der Waals surface area contributed by atoms with E-state index >= 15 is 0 Å². The summed E-state index contributed by atoms with van der Waals surface area (Å²) in [5, 5.41) is 3.32. The number of halogens is 2. The molecule has 18 heavy (non-hydrogen) atoms. The van der Waals surface area contributed by atoms with Gasteiger partial charge in [0.2, 0.25) is 0 Å². The molecule has 1 fully saturated rings. The van der Waals surface area contributed by atoms with Gasteiger partial charge in [-0.15, -0.1) is 12.4 Å². The van der Waals surface area contributed by atoms with Gasteiger partial charge in [-0.05, 0) is 63.4 Å². The summed E-state index contributed by atoms with van der Waals surface area (Å²) in [6.45, 7) is 5.85. The number of rotatable bonds is 3. The Kier molecular flexibility index (Phi) is 5.89. The molecule has 1 heterocycles. The van der Waals surface area contributed by atoms with Gasteiger partial charge in [-0.3, -0.25) is 0 Å². The van der Waals surface area contributed by atoms with Crippen LogP contribution in [0.1, 0.15) is 38.2 Å². The van der Waals surface area contributed by atoms with Crippen LogP contribution in [-0.2, 0) is 0 Å². The molecule has 0 aliphatic carbocycles. The Labute approximate surface area is 114 Å². The van der Waals surface area contributed by atoms with E-state index in [1.54, 1.807) is 12.1 Å². The van der Waals surface area contributed by atoms with Crippen molar-refractivity contribution < 1.29 is 9.13 Å². The summed E-state index contributed by atoms with van der Waals surface area (Å²) in [4.78, 5) is 0. The first-order valence-corrected chi connectivity index (χ1v) is 6.33. The number of benzene rings is 1. The Bertz CT molecular complexity index is 378. The van der Waals surface area contributed by atoms with Crippen molar-refractivity contribution in [3.63, 3.8) is 0 Å². The molecule has 1 N–H and O–H groups in total. The maximum Gasteiger partial charge on any atom is 0.165 e. The second-order valence-corrected chi connectivity index (χ2v) is 4.88. The van der Waals surface area contributed by atoms with Gasteiger partial charge >= 0.3 is 0 Å².